The molecule has 0 aliphatic carbocycles. The van der Waals surface area contributed by atoms with Crippen LogP contribution in [0.1, 0.15) is 0 Å². The van der Waals surface area contributed by atoms with Crippen molar-refractivity contribution in [1.29, 1.82) is 0 Å². The first-order valence-corrected chi connectivity index (χ1v) is 36.3. The van der Waals surface area contributed by atoms with Gasteiger partial charge in [-0.15, -0.1) is 0 Å². The summed E-state index contributed by atoms with van der Waals surface area (Å²) >= 11 is 0. The number of furan rings is 2. The zero-order valence-corrected chi connectivity index (χ0v) is 57.4. The minimum absolute atomic E-state index is 0.842. The number of fused-ring (bicyclic) bond motifs is 6. The number of hydrogen-bond donors (Lipinski definition) is 0. The molecule has 4 heterocycles. The quantitative estimate of drug-likeness (QED) is 0.121. The van der Waals surface area contributed by atoms with E-state index in [0.717, 1.165) is 156 Å². The molecule has 0 amide bonds. The third-order valence-electron chi connectivity index (χ3n) is 22.2. The largest absolute Gasteiger partial charge is 0.455 e. The van der Waals surface area contributed by atoms with Crippen molar-refractivity contribution in [1.82, 2.24) is 9.97 Å². The van der Waals surface area contributed by atoms with Crippen molar-refractivity contribution in [2.24, 2.45) is 0 Å². The van der Waals surface area contributed by atoms with E-state index >= 15 is 0 Å². The molecule has 0 atom stereocenters. The SMILES string of the molecule is c1ccc(-c2cc(-c3ccc4ccc5c(-c6ccc(-c7cccc8c7oc7ccc(-c9cc(-c%10cccc(-c%11cccc%12c%11oc%11ccccc%11%12)c%10)c%10ccc%11ccc(-c%12cc(-c%13ccccc%13)nc(-c%13ccccc%13)c%12)c%12ccc9c%10c%11%12)cc78)cc6)ccc6ccc3c4c65)cc(-c3ccccc3)n2)cc1. The minimum Gasteiger partial charge on any atom is -0.455 e. The van der Waals surface area contributed by atoms with Gasteiger partial charge in [-0.1, -0.05) is 309 Å². The fourth-order valence-electron chi connectivity index (χ4n) is 17.2. The van der Waals surface area contributed by atoms with Crippen LogP contribution in [0.15, 0.2) is 373 Å². The lowest BCUT2D eigenvalue weighted by Crippen LogP contribution is -1.94. The molecule has 4 aromatic heterocycles. The minimum atomic E-state index is 0.842. The van der Waals surface area contributed by atoms with Crippen LogP contribution in [0, 0.1) is 0 Å². The van der Waals surface area contributed by atoms with Gasteiger partial charge in [-0.05, 0) is 186 Å². The number of rotatable bonds is 11. The first kappa shape index (κ1) is 59.6. The monoisotopic (exact) mass is 1340 g/mol. The number of benzene rings is 18. The molecule has 18 aromatic carbocycles. The molecule has 0 aliphatic heterocycles. The normalized spacial score (nSPS) is 12.0. The van der Waals surface area contributed by atoms with Crippen LogP contribution in [-0.4, -0.2) is 9.97 Å². The van der Waals surface area contributed by atoms with Crippen molar-refractivity contribution in [2.75, 3.05) is 0 Å². The van der Waals surface area contributed by atoms with Gasteiger partial charge >= 0.3 is 0 Å². The van der Waals surface area contributed by atoms with E-state index in [4.69, 9.17) is 18.8 Å². The fourth-order valence-corrected chi connectivity index (χ4v) is 17.2. The van der Waals surface area contributed by atoms with Crippen LogP contribution >= 0.6 is 0 Å². The summed E-state index contributed by atoms with van der Waals surface area (Å²) in [5, 5.41) is 19.0. The standard InChI is InChI=1S/C102H60N2O2/c1-5-18-63(19-6-1)91-56-73(57-92(103-91)64-20-7-2-8-21-64)76-46-39-68-41-48-81-75(45-38-67-42-49-82(76)98(68)97(67)81)61-34-36-62(37-35-61)78-29-16-32-87-90-55-72(44-53-96(90)106-101(78)87)89-60-88(71-27-15-26-70(54-71)79-30-17-31-86-80-28-13-14-33-95(80)105-102(79)86)84-50-43-69-40-47-77(83-51-52-85(89)100(84)99(69)83)74-58-93(65-22-9-3-10-23-65)104-94(59-74)66-24-11-4-12-25-66/h1-60H. The molecule has 4 nitrogen and oxygen atoms in total. The van der Waals surface area contributed by atoms with E-state index in [2.05, 4.69) is 358 Å². The Labute approximate surface area is 610 Å². The maximum Gasteiger partial charge on any atom is 0.143 e. The molecule has 0 fully saturated rings. The summed E-state index contributed by atoms with van der Waals surface area (Å²) in [7, 11) is 0. The Balaban J connectivity index is 0.670. The second-order valence-electron chi connectivity index (χ2n) is 28.1. The zero-order valence-electron chi connectivity index (χ0n) is 57.4. The summed E-state index contributed by atoms with van der Waals surface area (Å²) in [5.41, 5.74) is 27.3. The number of aromatic nitrogens is 2. The molecular weight excluding hydrogens is 1290 g/mol. The molecule has 0 bridgehead atoms. The van der Waals surface area contributed by atoms with Gasteiger partial charge in [0.05, 0.1) is 22.8 Å². The number of para-hydroxylation sites is 3. The van der Waals surface area contributed by atoms with Gasteiger partial charge in [-0.3, -0.25) is 0 Å². The van der Waals surface area contributed by atoms with Gasteiger partial charge in [0, 0.05) is 54.9 Å². The van der Waals surface area contributed by atoms with Gasteiger partial charge in [0.15, 0.2) is 0 Å². The van der Waals surface area contributed by atoms with Crippen LogP contribution in [0.25, 0.3) is 231 Å². The lowest BCUT2D eigenvalue weighted by Gasteiger charge is -2.20. The summed E-state index contributed by atoms with van der Waals surface area (Å²) in [6, 6.07) is 132. The molecular formula is C102H60N2O2. The molecule has 0 aliphatic rings. The van der Waals surface area contributed by atoms with Gasteiger partial charge < -0.3 is 8.83 Å². The maximum atomic E-state index is 7.06. The second kappa shape index (κ2) is 23.8. The van der Waals surface area contributed by atoms with Crippen LogP contribution in [0.2, 0.25) is 0 Å². The summed E-state index contributed by atoms with van der Waals surface area (Å²) < 4.78 is 13.7. The Bertz CT molecular complexity index is 7160. The van der Waals surface area contributed by atoms with Crippen molar-refractivity contribution in [2.45, 2.75) is 0 Å². The summed E-state index contributed by atoms with van der Waals surface area (Å²) in [6.07, 6.45) is 0. The van der Waals surface area contributed by atoms with Gasteiger partial charge in [-0.25, -0.2) is 9.97 Å². The summed E-state index contributed by atoms with van der Waals surface area (Å²) in [6.45, 7) is 0. The Morgan fingerprint density at radius 3 is 0.981 bits per heavy atom. The van der Waals surface area contributed by atoms with Gasteiger partial charge in [0.2, 0.25) is 0 Å². The first-order chi connectivity index (χ1) is 52.5. The highest BCUT2D eigenvalue weighted by Crippen LogP contribution is 2.50. The lowest BCUT2D eigenvalue weighted by molar-refractivity contribution is 0.669. The molecule has 0 radical (unpaired) electrons. The molecule has 0 saturated heterocycles. The molecule has 0 N–H and O–H groups in total. The number of hydrogen-bond acceptors (Lipinski definition) is 4. The number of nitrogens with zero attached hydrogens (tertiary/aromatic N) is 2. The van der Waals surface area contributed by atoms with E-state index in [1.54, 1.807) is 0 Å². The number of pyridine rings is 2. The smallest absolute Gasteiger partial charge is 0.143 e. The van der Waals surface area contributed by atoms with Crippen molar-refractivity contribution < 1.29 is 8.83 Å². The van der Waals surface area contributed by atoms with E-state index < -0.39 is 0 Å². The Morgan fingerprint density at radius 1 is 0.160 bits per heavy atom. The molecule has 106 heavy (non-hydrogen) atoms. The average molecular weight is 1350 g/mol. The third kappa shape index (κ3) is 9.55. The van der Waals surface area contributed by atoms with Crippen LogP contribution in [0.5, 0.6) is 0 Å². The Hall–Kier alpha value is -14.1. The fraction of sp³-hybridized carbons (Fsp3) is 0. The Morgan fingerprint density at radius 2 is 0.491 bits per heavy atom. The van der Waals surface area contributed by atoms with E-state index in [1.807, 2.05) is 6.07 Å². The van der Waals surface area contributed by atoms with Crippen molar-refractivity contribution in [3.63, 3.8) is 0 Å². The first-order valence-electron chi connectivity index (χ1n) is 36.3. The molecule has 490 valence electrons. The zero-order chi connectivity index (χ0) is 69.5. The highest BCUT2D eigenvalue weighted by molar-refractivity contribution is 6.31. The molecule has 0 saturated carbocycles. The third-order valence-corrected chi connectivity index (χ3v) is 22.2. The highest BCUT2D eigenvalue weighted by atomic mass is 16.3. The lowest BCUT2D eigenvalue weighted by atomic mass is 9.83. The van der Waals surface area contributed by atoms with Gasteiger partial charge in [0.25, 0.3) is 0 Å². The van der Waals surface area contributed by atoms with Crippen LogP contribution in [0.3, 0.4) is 0 Å². The highest BCUT2D eigenvalue weighted by Gasteiger charge is 2.24. The van der Waals surface area contributed by atoms with E-state index in [-0.39, 0.29) is 0 Å². The molecule has 4 heteroatoms. The molecule has 22 aromatic rings. The van der Waals surface area contributed by atoms with Crippen LogP contribution in [0.4, 0.5) is 0 Å². The molecule has 22 rings (SSSR count). The molecule has 0 spiro atoms. The van der Waals surface area contributed by atoms with Gasteiger partial charge in [0.1, 0.15) is 22.3 Å². The van der Waals surface area contributed by atoms with E-state index in [9.17, 15) is 0 Å². The topological polar surface area (TPSA) is 52.1 Å². The van der Waals surface area contributed by atoms with Gasteiger partial charge in [-0.2, -0.15) is 0 Å². The van der Waals surface area contributed by atoms with E-state index in [0.29, 0.717) is 0 Å². The summed E-state index contributed by atoms with van der Waals surface area (Å²) in [5.74, 6) is 0. The maximum absolute atomic E-state index is 7.06. The molecule has 0 unspecified atom stereocenters. The predicted molar refractivity (Wildman–Crippen MR) is 444 cm³/mol. The van der Waals surface area contributed by atoms with Crippen LogP contribution < -0.4 is 0 Å². The van der Waals surface area contributed by atoms with Crippen molar-refractivity contribution in [3.05, 3.63) is 364 Å². The van der Waals surface area contributed by atoms with Crippen LogP contribution in [-0.2, 0) is 0 Å². The van der Waals surface area contributed by atoms with Crippen molar-refractivity contribution >= 4 is 109 Å². The summed E-state index contributed by atoms with van der Waals surface area (Å²) in [4.78, 5) is 10.5. The van der Waals surface area contributed by atoms with Crippen molar-refractivity contribution in [3.8, 4) is 123 Å². The second-order valence-corrected chi connectivity index (χ2v) is 28.1. The van der Waals surface area contributed by atoms with E-state index in [1.165, 1.54) is 75.8 Å². The predicted octanol–water partition coefficient (Wildman–Crippen LogP) is 28.4. The Kier molecular flexibility index (Phi) is 13.4. The average Bonchev–Trinajstić information content (AvgIpc) is 0.827.